The maximum Gasteiger partial charge on any atom is 0.416 e. The third-order valence-electron chi connectivity index (χ3n) is 3.14. The molecule has 0 atom stereocenters. The van der Waals surface area contributed by atoms with Crippen molar-refractivity contribution < 1.29 is 21.6 Å². The smallest absolute Gasteiger partial charge is 0.302 e. The van der Waals surface area contributed by atoms with Crippen molar-refractivity contribution in [3.05, 3.63) is 50.5 Å². The number of nitrogens with one attached hydrogen (secondary N) is 1. The Morgan fingerprint density at radius 2 is 1.74 bits per heavy atom. The van der Waals surface area contributed by atoms with E-state index in [1.807, 2.05) is 0 Å². The number of sulfone groups is 1. The van der Waals surface area contributed by atoms with Crippen LogP contribution in [-0.2, 0) is 23.1 Å². The molecule has 1 aromatic heterocycles. The molecule has 0 aliphatic rings. The predicted octanol–water partition coefficient (Wildman–Crippen LogP) is 1.16. The average Bonchev–Trinajstić information content (AvgIpc) is 2.42. The van der Waals surface area contributed by atoms with Gasteiger partial charge in [-0.15, -0.1) is 0 Å². The zero-order valence-corrected chi connectivity index (χ0v) is 12.7. The summed E-state index contributed by atoms with van der Waals surface area (Å²) in [7, 11) is -2.79. The van der Waals surface area contributed by atoms with Gasteiger partial charge in [0.05, 0.1) is 16.0 Å². The SMILES string of the molecule is Cn1[nH]cc(-c2ccc(C(F)(F)F)cc2S(C)(=O)=O)c(=O)c1=O. The van der Waals surface area contributed by atoms with E-state index >= 15 is 0 Å². The number of rotatable bonds is 2. The van der Waals surface area contributed by atoms with Crippen LogP contribution in [0.4, 0.5) is 13.2 Å². The van der Waals surface area contributed by atoms with Crippen LogP contribution >= 0.6 is 0 Å². The summed E-state index contributed by atoms with van der Waals surface area (Å²) >= 11 is 0. The first kappa shape index (κ1) is 17.0. The summed E-state index contributed by atoms with van der Waals surface area (Å²) in [5.41, 5.74) is -3.72. The Balaban J connectivity index is 2.87. The number of alkyl halides is 3. The monoisotopic (exact) mass is 348 g/mol. The number of aromatic nitrogens is 2. The van der Waals surface area contributed by atoms with Crippen LogP contribution in [0.3, 0.4) is 0 Å². The molecule has 6 nitrogen and oxygen atoms in total. The average molecular weight is 348 g/mol. The Hall–Kier alpha value is -2.36. The molecule has 23 heavy (non-hydrogen) atoms. The van der Waals surface area contributed by atoms with Crippen LogP contribution in [0, 0.1) is 0 Å². The Kier molecular flexibility index (Phi) is 3.97. The topological polar surface area (TPSA) is 89.0 Å². The van der Waals surface area contributed by atoms with E-state index < -0.39 is 37.5 Å². The number of benzene rings is 1. The summed E-state index contributed by atoms with van der Waals surface area (Å²) < 4.78 is 62.8. The Labute approximate surface area is 128 Å². The molecule has 0 radical (unpaired) electrons. The van der Waals surface area contributed by atoms with Gasteiger partial charge in [0.15, 0.2) is 9.84 Å². The third kappa shape index (κ3) is 3.21. The van der Waals surface area contributed by atoms with Crippen LogP contribution in [0.15, 0.2) is 38.9 Å². The molecule has 1 heterocycles. The zero-order chi connectivity index (χ0) is 17.6. The van der Waals surface area contributed by atoms with Crippen molar-refractivity contribution in [2.24, 2.45) is 7.05 Å². The number of aromatic amines is 1. The maximum absolute atomic E-state index is 12.8. The largest absolute Gasteiger partial charge is 0.416 e. The third-order valence-corrected chi connectivity index (χ3v) is 4.28. The summed E-state index contributed by atoms with van der Waals surface area (Å²) in [6.45, 7) is 0. The zero-order valence-electron chi connectivity index (χ0n) is 11.9. The molecule has 0 saturated carbocycles. The molecule has 1 N–H and O–H groups in total. The van der Waals surface area contributed by atoms with Gasteiger partial charge in [-0.05, 0) is 12.1 Å². The highest BCUT2D eigenvalue weighted by atomic mass is 32.2. The minimum absolute atomic E-state index is 0.264. The molecule has 2 aromatic rings. The molecule has 0 saturated heterocycles. The number of halogens is 3. The van der Waals surface area contributed by atoms with Crippen molar-refractivity contribution in [2.45, 2.75) is 11.1 Å². The fraction of sp³-hybridized carbons (Fsp3) is 0.231. The van der Waals surface area contributed by atoms with Crippen molar-refractivity contribution in [2.75, 3.05) is 6.26 Å². The molecule has 0 amide bonds. The lowest BCUT2D eigenvalue weighted by molar-refractivity contribution is -0.137. The van der Waals surface area contributed by atoms with Crippen LogP contribution in [0.1, 0.15) is 5.56 Å². The number of hydrogen-bond acceptors (Lipinski definition) is 4. The fourth-order valence-corrected chi connectivity index (χ4v) is 2.90. The molecular weight excluding hydrogens is 337 g/mol. The molecule has 0 aliphatic carbocycles. The van der Waals surface area contributed by atoms with Crippen molar-refractivity contribution in [1.82, 2.24) is 9.78 Å². The standard InChI is InChI=1S/C13H11F3N2O4S/c1-18-12(20)11(19)9(6-17-18)8-4-3-7(13(14,15)16)5-10(8)23(2,21)22/h3-6,17H,1-2H3. The first-order valence-electron chi connectivity index (χ1n) is 6.13. The summed E-state index contributed by atoms with van der Waals surface area (Å²) in [5.74, 6) is 0. The van der Waals surface area contributed by atoms with E-state index in [0.717, 1.165) is 23.2 Å². The first-order valence-corrected chi connectivity index (χ1v) is 8.02. The van der Waals surface area contributed by atoms with Crippen LogP contribution in [0.5, 0.6) is 0 Å². The number of hydrogen-bond donors (Lipinski definition) is 1. The van der Waals surface area contributed by atoms with Gasteiger partial charge in [-0.3, -0.25) is 14.3 Å². The van der Waals surface area contributed by atoms with Crippen molar-refractivity contribution in [3.8, 4) is 11.1 Å². The molecule has 124 valence electrons. The van der Waals surface area contributed by atoms with E-state index in [-0.39, 0.29) is 11.1 Å². The number of H-pyrrole nitrogens is 1. The number of aryl methyl sites for hydroxylation is 1. The van der Waals surface area contributed by atoms with Gasteiger partial charge in [-0.1, -0.05) is 6.07 Å². The fourth-order valence-electron chi connectivity index (χ4n) is 1.98. The quantitative estimate of drug-likeness (QED) is 0.825. The number of nitrogens with zero attached hydrogens (tertiary/aromatic N) is 1. The Bertz CT molecular complexity index is 987. The van der Waals surface area contributed by atoms with E-state index in [2.05, 4.69) is 5.10 Å². The molecule has 0 aliphatic heterocycles. The molecular formula is C13H11F3N2O4S. The van der Waals surface area contributed by atoms with Gasteiger partial charge < -0.3 is 5.10 Å². The van der Waals surface area contributed by atoms with E-state index in [1.54, 1.807) is 0 Å². The van der Waals surface area contributed by atoms with Gasteiger partial charge in [-0.2, -0.15) is 13.2 Å². The molecule has 0 unspecified atom stereocenters. The van der Waals surface area contributed by atoms with Crippen LogP contribution in [-0.4, -0.2) is 24.5 Å². The van der Waals surface area contributed by atoms with Crippen LogP contribution in [0.2, 0.25) is 0 Å². The van der Waals surface area contributed by atoms with E-state index in [0.29, 0.717) is 12.1 Å². The van der Waals surface area contributed by atoms with Crippen LogP contribution in [0.25, 0.3) is 11.1 Å². The summed E-state index contributed by atoms with van der Waals surface area (Å²) in [4.78, 5) is 22.9. The summed E-state index contributed by atoms with van der Waals surface area (Å²) in [6, 6.07) is 1.96. The second-order valence-electron chi connectivity index (χ2n) is 4.86. The molecule has 1 aromatic carbocycles. The van der Waals surface area contributed by atoms with Gasteiger partial charge in [0.25, 0.3) is 5.43 Å². The second kappa shape index (κ2) is 5.37. The highest BCUT2D eigenvalue weighted by molar-refractivity contribution is 7.90. The summed E-state index contributed by atoms with van der Waals surface area (Å²) in [5, 5.41) is 2.42. The Morgan fingerprint density at radius 3 is 2.26 bits per heavy atom. The van der Waals surface area contributed by atoms with Gasteiger partial charge >= 0.3 is 11.7 Å². The predicted molar refractivity (Wildman–Crippen MR) is 75.9 cm³/mol. The van der Waals surface area contributed by atoms with E-state index in [9.17, 15) is 31.2 Å². The second-order valence-corrected chi connectivity index (χ2v) is 6.85. The lowest BCUT2D eigenvalue weighted by Gasteiger charge is -2.12. The van der Waals surface area contributed by atoms with E-state index in [4.69, 9.17) is 0 Å². The molecule has 2 rings (SSSR count). The van der Waals surface area contributed by atoms with Crippen molar-refractivity contribution in [1.29, 1.82) is 0 Å². The van der Waals surface area contributed by atoms with E-state index in [1.165, 1.54) is 7.05 Å². The van der Waals surface area contributed by atoms with Crippen LogP contribution < -0.4 is 11.0 Å². The van der Waals surface area contributed by atoms with Gasteiger partial charge in [-0.25, -0.2) is 8.42 Å². The molecule has 0 bridgehead atoms. The highest BCUT2D eigenvalue weighted by Crippen LogP contribution is 2.34. The Morgan fingerprint density at radius 1 is 1.13 bits per heavy atom. The van der Waals surface area contributed by atoms with Crippen molar-refractivity contribution in [3.63, 3.8) is 0 Å². The van der Waals surface area contributed by atoms with Gasteiger partial charge in [0.1, 0.15) is 0 Å². The molecule has 0 spiro atoms. The molecule has 10 heteroatoms. The lowest BCUT2D eigenvalue weighted by Crippen LogP contribution is -2.35. The normalized spacial score (nSPS) is 12.4. The van der Waals surface area contributed by atoms with Gasteiger partial charge in [0, 0.05) is 25.1 Å². The lowest BCUT2D eigenvalue weighted by atomic mass is 10.1. The van der Waals surface area contributed by atoms with Gasteiger partial charge in [0.2, 0.25) is 0 Å². The van der Waals surface area contributed by atoms with Crippen molar-refractivity contribution >= 4 is 9.84 Å². The minimum Gasteiger partial charge on any atom is -0.302 e. The summed E-state index contributed by atoms with van der Waals surface area (Å²) in [6.07, 6.45) is -2.94. The minimum atomic E-state index is -4.74. The molecule has 0 fully saturated rings. The highest BCUT2D eigenvalue weighted by Gasteiger charge is 2.32. The maximum atomic E-state index is 12.8. The first-order chi connectivity index (χ1) is 10.4.